The van der Waals surface area contributed by atoms with Gasteiger partial charge in [-0.3, -0.25) is 10.00 Å². The number of fused-ring (bicyclic) bond motifs is 2. The van der Waals surface area contributed by atoms with Crippen molar-refractivity contribution < 1.29 is 8.42 Å². The first kappa shape index (κ1) is 23.6. The molecule has 0 bridgehead atoms. The molecule has 4 aromatic rings. The number of hydrogen-bond acceptors (Lipinski definition) is 5. The molecule has 1 N–H and O–H groups in total. The number of nitrogens with zero attached hydrogens (tertiary/aromatic N) is 3. The van der Waals surface area contributed by atoms with E-state index in [1.54, 1.807) is 12.1 Å². The molecule has 6 nitrogen and oxygen atoms in total. The third kappa shape index (κ3) is 4.44. The zero-order valence-electron chi connectivity index (χ0n) is 20.3. The van der Waals surface area contributed by atoms with Crippen LogP contribution >= 0.6 is 11.6 Å². The lowest BCUT2D eigenvalue weighted by Gasteiger charge is -2.26. The standard InChI is InChI=1S/C28H29ClN4O2S/c1-36(34,35)26-9-8-21(16-25(26)29)27-24-15-22(17-30-28(24)32-31-27)19-7-6-18-10-12-33(13-11-20(18)14-19)23-4-2-3-5-23/h6-9,14-17,23H,2-5,10-13H2,1H3,(H,30,31,32). The highest BCUT2D eigenvalue weighted by molar-refractivity contribution is 7.90. The van der Waals surface area contributed by atoms with Crippen LogP contribution in [0.3, 0.4) is 0 Å². The fourth-order valence-corrected chi connectivity index (χ4v) is 7.12. The van der Waals surface area contributed by atoms with Gasteiger partial charge in [0, 0.05) is 48.1 Å². The first-order chi connectivity index (χ1) is 17.4. The number of hydrogen-bond donors (Lipinski definition) is 1. The zero-order valence-corrected chi connectivity index (χ0v) is 21.9. The molecule has 2 aromatic carbocycles. The lowest BCUT2D eigenvalue weighted by atomic mass is 9.96. The summed E-state index contributed by atoms with van der Waals surface area (Å²) in [5, 5.41) is 8.48. The van der Waals surface area contributed by atoms with Crippen molar-refractivity contribution >= 4 is 32.5 Å². The lowest BCUT2D eigenvalue weighted by Crippen LogP contribution is -2.35. The summed E-state index contributed by atoms with van der Waals surface area (Å²) in [7, 11) is -3.40. The van der Waals surface area contributed by atoms with Crippen molar-refractivity contribution in [2.75, 3.05) is 19.3 Å². The van der Waals surface area contributed by atoms with E-state index in [1.165, 1.54) is 42.9 Å². The van der Waals surface area contributed by atoms with E-state index in [-0.39, 0.29) is 9.92 Å². The van der Waals surface area contributed by atoms with Crippen LogP contribution in [0.4, 0.5) is 0 Å². The van der Waals surface area contributed by atoms with Crippen molar-refractivity contribution in [1.82, 2.24) is 20.1 Å². The molecule has 2 aromatic heterocycles. The summed E-state index contributed by atoms with van der Waals surface area (Å²) in [4.78, 5) is 7.42. The van der Waals surface area contributed by atoms with Crippen molar-refractivity contribution in [3.05, 3.63) is 64.8 Å². The summed E-state index contributed by atoms with van der Waals surface area (Å²) >= 11 is 6.31. The molecule has 1 saturated carbocycles. The molecule has 0 spiro atoms. The number of aromatic nitrogens is 3. The maximum absolute atomic E-state index is 12.0. The number of rotatable bonds is 4. The van der Waals surface area contributed by atoms with Crippen LogP contribution in [0.15, 0.2) is 53.6 Å². The van der Waals surface area contributed by atoms with E-state index >= 15 is 0 Å². The van der Waals surface area contributed by atoms with Gasteiger partial charge in [-0.05, 0) is 60.6 Å². The Kier molecular flexibility index (Phi) is 6.10. The molecule has 0 unspecified atom stereocenters. The highest BCUT2D eigenvalue weighted by Gasteiger charge is 2.24. The van der Waals surface area contributed by atoms with Gasteiger partial charge in [0.2, 0.25) is 0 Å². The molecule has 0 amide bonds. The van der Waals surface area contributed by atoms with Crippen LogP contribution in [0.1, 0.15) is 36.8 Å². The van der Waals surface area contributed by atoms with Gasteiger partial charge in [-0.25, -0.2) is 13.4 Å². The lowest BCUT2D eigenvalue weighted by molar-refractivity contribution is 0.208. The normalized spacial score (nSPS) is 17.4. The summed E-state index contributed by atoms with van der Waals surface area (Å²) in [6.07, 6.45) is 10.7. The second-order valence-electron chi connectivity index (χ2n) is 10.1. The van der Waals surface area contributed by atoms with Crippen molar-refractivity contribution in [3.63, 3.8) is 0 Å². The number of nitrogens with one attached hydrogen (secondary N) is 1. The van der Waals surface area contributed by atoms with Gasteiger partial charge in [-0.1, -0.05) is 48.7 Å². The summed E-state index contributed by atoms with van der Waals surface area (Å²) in [6, 6.07) is 14.6. The number of aromatic amines is 1. The van der Waals surface area contributed by atoms with Gasteiger partial charge in [0.1, 0.15) is 0 Å². The molecule has 1 aliphatic carbocycles. The quantitative estimate of drug-likeness (QED) is 0.374. The van der Waals surface area contributed by atoms with Crippen molar-refractivity contribution in [2.45, 2.75) is 49.5 Å². The van der Waals surface area contributed by atoms with Crippen LogP contribution in [-0.2, 0) is 22.7 Å². The molecule has 0 atom stereocenters. The molecule has 36 heavy (non-hydrogen) atoms. The highest BCUT2D eigenvalue weighted by Crippen LogP contribution is 2.34. The SMILES string of the molecule is CS(=O)(=O)c1ccc(-c2[nH]nc3ncc(-c4ccc5c(c4)CCN(C4CCCC4)CC5)cc23)cc1Cl. The maximum atomic E-state index is 12.0. The topological polar surface area (TPSA) is 79.0 Å². The third-order valence-electron chi connectivity index (χ3n) is 7.75. The molecule has 186 valence electrons. The Balaban J connectivity index is 1.32. The molecule has 3 heterocycles. The predicted octanol–water partition coefficient (Wildman–Crippen LogP) is 5.69. The molecule has 0 radical (unpaired) electrons. The van der Waals surface area contributed by atoms with E-state index in [0.717, 1.165) is 66.0 Å². The second kappa shape index (κ2) is 9.29. The molecule has 6 rings (SSSR count). The van der Waals surface area contributed by atoms with Crippen LogP contribution in [0.5, 0.6) is 0 Å². The van der Waals surface area contributed by atoms with Crippen molar-refractivity contribution in [2.24, 2.45) is 0 Å². The van der Waals surface area contributed by atoms with E-state index in [1.807, 2.05) is 6.20 Å². The van der Waals surface area contributed by atoms with Crippen molar-refractivity contribution in [3.8, 4) is 22.4 Å². The minimum atomic E-state index is -3.40. The smallest absolute Gasteiger partial charge is 0.181 e. The van der Waals surface area contributed by atoms with Gasteiger partial charge in [-0.2, -0.15) is 5.10 Å². The molecule has 2 aliphatic rings. The fourth-order valence-electron chi connectivity index (χ4n) is 5.79. The van der Waals surface area contributed by atoms with E-state index < -0.39 is 9.84 Å². The van der Waals surface area contributed by atoms with Crippen molar-refractivity contribution in [1.29, 1.82) is 0 Å². The van der Waals surface area contributed by atoms with E-state index in [2.05, 4.69) is 44.3 Å². The highest BCUT2D eigenvalue weighted by atomic mass is 35.5. The van der Waals surface area contributed by atoms with E-state index in [4.69, 9.17) is 11.6 Å². The van der Waals surface area contributed by atoms with Gasteiger partial charge in [0.15, 0.2) is 15.5 Å². The van der Waals surface area contributed by atoms with Crippen LogP contribution < -0.4 is 0 Å². The Morgan fingerprint density at radius 1 is 0.944 bits per heavy atom. The van der Waals surface area contributed by atoms with Gasteiger partial charge in [-0.15, -0.1) is 0 Å². The number of H-pyrrole nitrogens is 1. The molecule has 1 aliphatic heterocycles. The largest absolute Gasteiger partial charge is 0.300 e. The number of pyridine rings is 1. The van der Waals surface area contributed by atoms with E-state index in [9.17, 15) is 8.42 Å². The van der Waals surface area contributed by atoms with Crippen LogP contribution in [0.2, 0.25) is 5.02 Å². The Morgan fingerprint density at radius 2 is 1.69 bits per heavy atom. The molecule has 0 saturated heterocycles. The van der Waals surface area contributed by atoms with Crippen LogP contribution in [-0.4, -0.2) is 53.9 Å². The van der Waals surface area contributed by atoms with Gasteiger partial charge in [0.25, 0.3) is 0 Å². The molecular weight excluding hydrogens is 492 g/mol. The Morgan fingerprint density at radius 3 is 2.44 bits per heavy atom. The Bertz CT molecular complexity index is 1560. The van der Waals surface area contributed by atoms with Gasteiger partial charge >= 0.3 is 0 Å². The summed E-state index contributed by atoms with van der Waals surface area (Å²) in [5.41, 5.74) is 7.21. The summed E-state index contributed by atoms with van der Waals surface area (Å²) in [5.74, 6) is 0. The molecule has 1 fully saturated rings. The van der Waals surface area contributed by atoms with Gasteiger partial charge in [0.05, 0.1) is 15.6 Å². The minimum Gasteiger partial charge on any atom is -0.300 e. The third-order valence-corrected chi connectivity index (χ3v) is 9.33. The van der Waals surface area contributed by atoms with Gasteiger partial charge < -0.3 is 0 Å². The summed E-state index contributed by atoms with van der Waals surface area (Å²) in [6.45, 7) is 2.29. The Hall–Kier alpha value is -2.74. The average Bonchev–Trinajstić information content (AvgIpc) is 3.49. The minimum absolute atomic E-state index is 0.118. The first-order valence-corrected chi connectivity index (χ1v) is 14.8. The molecular formula is C28H29ClN4O2S. The number of benzene rings is 2. The maximum Gasteiger partial charge on any atom is 0.181 e. The summed E-state index contributed by atoms with van der Waals surface area (Å²) < 4.78 is 23.9. The van der Waals surface area contributed by atoms with Crippen LogP contribution in [0, 0.1) is 0 Å². The zero-order chi connectivity index (χ0) is 24.9. The van der Waals surface area contributed by atoms with Crippen LogP contribution in [0.25, 0.3) is 33.4 Å². The predicted molar refractivity (Wildman–Crippen MR) is 144 cm³/mol. The fraction of sp³-hybridized carbons (Fsp3) is 0.357. The molecule has 8 heteroatoms. The first-order valence-electron chi connectivity index (χ1n) is 12.6. The number of halogens is 1. The second-order valence-corrected chi connectivity index (χ2v) is 12.5. The average molecular weight is 521 g/mol. The number of sulfone groups is 1. The monoisotopic (exact) mass is 520 g/mol. The van der Waals surface area contributed by atoms with E-state index in [0.29, 0.717) is 5.65 Å². The Labute approximate surface area is 216 Å².